The van der Waals surface area contributed by atoms with Gasteiger partial charge in [0.25, 0.3) is 5.91 Å². The summed E-state index contributed by atoms with van der Waals surface area (Å²) >= 11 is 6.01. The molecule has 1 aromatic heterocycles. The summed E-state index contributed by atoms with van der Waals surface area (Å²) in [5, 5.41) is 0.0571. The van der Waals surface area contributed by atoms with Crippen LogP contribution in [0.4, 0.5) is 10.1 Å². The summed E-state index contributed by atoms with van der Waals surface area (Å²) < 4.78 is 25.0. The highest BCUT2D eigenvalue weighted by molar-refractivity contribution is 6.32. The van der Waals surface area contributed by atoms with E-state index in [1.54, 1.807) is 23.4 Å². The van der Waals surface area contributed by atoms with Crippen LogP contribution in [0, 0.1) is 5.82 Å². The molecule has 1 aliphatic heterocycles. The highest BCUT2D eigenvalue weighted by Gasteiger charge is 2.51. The molecule has 1 spiro atoms. The lowest BCUT2D eigenvalue weighted by Crippen LogP contribution is -2.45. The average molecular weight is 349 g/mol. The zero-order valence-corrected chi connectivity index (χ0v) is 13.6. The third-order valence-corrected chi connectivity index (χ3v) is 4.61. The van der Waals surface area contributed by atoms with Crippen LogP contribution in [0.25, 0.3) is 0 Å². The molecule has 5 nitrogen and oxygen atoms in total. The number of methoxy groups -OCH3 is 1. The van der Waals surface area contributed by atoms with Gasteiger partial charge in [-0.2, -0.15) is 0 Å². The van der Waals surface area contributed by atoms with Gasteiger partial charge in [0.1, 0.15) is 17.0 Å². The number of pyridine rings is 1. The topological polar surface area (TPSA) is 51.7 Å². The van der Waals surface area contributed by atoms with Crippen molar-refractivity contribution >= 4 is 23.2 Å². The van der Waals surface area contributed by atoms with Crippen LogP contribution in [0.2, 0.25) is 5.02 Å². The van der Waals surface area contributed by atoms with E-state index in [1.165, 1.54) is 13.2 Å². The van der Waals surface area contributed by atoms with Crippen molar-refractivity contribution in [3.8, 4) is 11.5 Å². The fourth-order valence-electron chi connectivity index (χ4n) is 2.92. The van der Waals surface area contributed by atoms with E-state index in [9.17, 15) is 9.18 Å². The molecule has 0 saturated heterocycles. The van der Waals surface area contributed by atoms with Crippen LogP contribution >= 0.6 is 11.6 Å². The molecule has 0 bridgehead atoms. The minimum Gasteiger partial charge on any atom is -0.492 e. The van der Waals surface area contributed by atoms with Crippen LogP contribution in [0.15, 0.2) is 30.6 Å². The maximum absolute atomic E-state index is 14.1. The Balaban J connectivity index is 1.75. The Morgan fingerprint density at radius 1 is 1.46 bits per heavy atom. The van der Waals surface area contributed by atoms with Gasteiger partial charge in [-0.3, -0.25) is 14.7 Å². The number of amides is 1. The number of carbonyl (C=O) groups is 1. The molecule has 4 rings (SSSR count). The number of ether oxygens (including phenoxy) is 2. The number of anilines is 1. The molecule has 2 aromatic rings. The summed E-state index contributed by atoms with van der Waals surface area (Å²) in [6.07, 6.45) is 4.96. The van der Waals surface area contributed by atoms with Crippen LogP contribution < -0.4 is 14.4 Å². The van der Waals surface area contributed by atoms with E-state index in [1.807, 2.05) is 0 Å². The van der Waals surface area contributed by atoms with E-state index in [0.29, 0.717) is 18.0 Å². The minimum atomic E-state index is -0.672. The van der Waals surface area contributed by atoms with Crippen molar-refractivity contribution in [2.24, 2.45) is 0 Å². The summed E-state index contributed by atoms with van der Waals surface area (Å²) in [5.74, 6) is -0.477. The number of rotatable bonds is 2. The van der Waals surface area contributed by atoms with Gasteiger partial charge in [0.05, 0.1) is 24.9 Å². The van der Waals surface area contributed by atoms with Gasteiger partial charge in [-0.25, -0.2) is 4.39 Å². The Kier molecular flexibility index (Phi) is 3.38. The van der Waals surface area contributed by atoms with E-state index in [2.05, 4.69) is 4.98 Å². The zero-order valence-electron chi connectivity index (χ0n) is 12.9. The number of benzene rings is 1. The van der Waals surface area contributed by atoms with Crippen molar-refractivity contribution < 1.29 is 18.7 Å². The maximum atomic E-state index is 14.1. The van der Waals surface area contributed by atoms with Crippen molar-refractivity contribution in [3.63, 3.8) is 0 Å². The maximum Gasteiger partial charge on any atom is 0.258 e. The fraction of sp³-hybridized carbons (Fsp3) is 0.294. The second kappa shape index (κ2) is 5.34. The van der Waals surface area contributed by atoms with Crippen LogP contribution in [0.1, 0.15) is 23.2 Å². The second-order valence-electron chi connectivity index (χ2n) is 5.99. The van der Waals surface area contributed by atoms with Crippen LogP contribution in [-0.4, -0.2) is 30.1 Å². The lowest BCUT2D eigenvalue weighted by atomic mass is 10.1. The van der Waals surface area contributed by atoms with Crippen molar-refractivity contribution in [2.45, 2.75) is 18.4 Å². The summed E-state index contributed by atoms with van der Waals surface area (Å²) in [7, 11) is 1.33. The standard InChI is InChI=1S/C17H14ClFN2O3/c1-23-15-11(18)6-10(7-12(15)19)16(22)21-9-17(3-4-17)24-14-2-5-20-8-13(14)21/h2,5-8H,3-4,9H2,1H3. The number of carbonyl (C=O) groups excluding carboxylic acids is 1. The fourth-order valence-corrected chi connectivity index (χ4v) is 3.20. The lowest BCUT2D eigenvalue weighted by molar-refractivity contribution is 0.0942. The molecule has 124 valence electrons. The second-order valence-corrected chi connectivity index (χ2v) is 6.40. The van der Waals surface area contributed by atoms with Gasteiger partial charge in [0, 0.05) is 17.8 Å². The van der Waals surface area contributed by atoms with E-state index >= 15 is 0 Å². The molecule has 2 aliphatic rings. The van der Waals surface area contributed by atoms with Crippen molar-refractivity contribution in [1.82, 2.24) is 4.98 Å². The highest BCUT2D eigenvalue weighted by Crippen LogP contribution is 2.48. The van der Waals surface area contributed by atoms with Gasteiger partial charge in [-0.15, -0.1) is 0 Å². The molecule has 2 heterocycles. The molecule has 0 radical (unpaired) electrons. The molecule has 0 unspecified atom stereocenters. The van der Waals surface area contributed by atoms with Crippen molar-refractivity contribution in [3.05, 3.63) is 47.0 Å². The molecule has 0 N–H and O–H groups in total. The van der Waals surface area contributed by atoms with Crippen LogP contribution in [0.3, 0.4) is 0 Å². The first-order chi connectivity index (χ1) is 11.5. The zero-order chi connectivity index (χ0) is 16.9. The predicted molar refractivity (Wildman–Crippen MR) is 86.5 cm³/mol. The molecule has 1 fully saturated rings. The average Bonchev–Trinajstić information content (AvgIpc) is 3.31. The molecule has 7 heteroatoms. The van der Waals surface area contributed by atoms with Gasteiger partial charge >= 0.3 is 0 Å². The molecular weight excluding hydrogens is 335 g/mol. The first-order valence-electron chi connectivity index (χ1n) is 7.51. The molecule has 1 aromatic carbocycles. The van der Waals surface area contributed by atoms with Crippen LogP contribution in [-0.2, 0) is 0 Å². The summed E-state index contributed by atoms with van der Waals surface area (Å²) in [6, 6.07) is 4.28. The normalized spacial score (nSPS) is 17.2. The van der Waals surface area contributed by atoms with Gasteiger partial charge in [0.2, 0.25) is 0 Å². The first-order valence-corrected chi connectivity index (χ1v) is 7.89. The summed E-state index contributed by atoms with van der Waals surface area (Å²) in [5.41, 5.74) is 0.400. The first kappa shape index (κ1) is 15.2. The molecule has 0 atom stereocenters. The highest BCUT2D eigenvalue weighted by atomic mass is 35.5. The Hall–Kier alpha value is -2.34. The SMILES string of the molecule is COc1c(F)cc(C(=O)N2CC3(CC3)Oc3ccncc32)cc1Cl. The molecule has 24 heavy (non-hydrogen) atoms. The van der Waals surface area contributed by atoms with Crippen molar-refractivity contribution in [2.75, 3.05) is 18.6 Å². The monoisotopic (exact) mass is 348 g/mol. The third-order valence-electron chi connectivity index (χ3n) is 4.33. The summed E-state index contributed by atoms with van der Waals surface area (Å²) in [6.45, 7) is 0.412. The predicted octanol–water partition coefficient (Wildman–Crippen LogP) is 3.45. The number of hydrogen-bond acceptors (Lipinski definition) is 4. The van der Waals surface area contributed by atoms with Gasteiger partial charge < -0.3 is 9.47 Å². The Morgan fingerprint density at radius 2 is 2.25 bits per heavy atom. The molecular formula is C17H14ClFN2O3. The Bertz CT molecular complexity index is 815. The van der Waals surface area contributed by atoms with E-state index in [4.69, 9.17) is 21.1 Å². The molecule has 1 amide bonds. The van der Waals surface area contributed by atoms with E-state index < -0.39 is 5.82 Å². The van der Waals surface area contributed by atoms with E-state index in [0.717, 1.165) is 18.9 Å². The van der Waals surface area contributed by atoms with Gasteiger partial charge in [0.15, 0.2) is 11.6 Å². The van der Waals surface area contributed by atoms with Gasteiger partial charge in [-0.1, -0.05) is 11.6 Å². The summed E-state index contributed by atoms with van der Waals surface area (Å²) in [4.78, 5) is 18.6. The van der Waals surface area contributed by atoms with Crippen LogP contribution in [0.5, 0.6) is 11.5 Å². The Morgan fingerprint density at radius 3 is 2.92 bits per heavy atom. The number of fused-ring (bicyclic) bond motifs is 1. The quantitative estimate of drug-likeness (QED) is 0.834. The lowest BCUT2D eigenvalue weighted by Gasteiger charge is -2.35. The molecule has 1 saturated carbocycles. The van der Waals surface area contributed by atoms with Gasteiger partial charge in [-0.05, 0) is 25.0 Å². The number of nitrogens with zero attached hydrogens (tertiary/aromatic N) is 2. The largest absolute Gasteiger partial charge is 0.492 e. The minimum absolute atomic E-state index is 0.0571. The Labute approximate surface area is 143 Å². The number of halogens is 2. The smallest absolute Gasteiger partial charge is 0.258 e. The van der Waals surface area contributed by atoms with Crippen molar-refractivity contribution in [1.29, 1.82) is 0 Å². The number of hydrogen-bond donors (Lipinski definition) is 0. The third kappa shape index (κ3) is 2.38. The number of aromatic nitrogens is 1. The molecule has 1 aliphatic carbocycles. The van der Waals surface area contributed by atoms with E-state index in [-0.39, 0.29) is 27.8 Å².